The first-order valence-corrected chi connectivity index (χ1v) is 6.75. The summed E-state index contributed by atoms with van der Waals surface area (Å²) in [5.74, 6) is 0.0963. The van der Waals surface area contributed by atoms with Crippen LogP contribution in [0.2, 0.25) is 5.02 Å². The molecule has 0 aliphatic heterocycles. The normalized spacial score (nSPS) is 11.9. The van der Waals surface area contributed by atoms with Gasteiger partial charge in [-0.05, 0) is 29.8 Å². The maximum Gasteiger partial charge on any atom is 0.213 e. The zero-order valence-corrected chi connectivity index (χ0v) is 11.7. The molecular weight excluding hydrogens is 274 g/mol. The largest absolute Gasteiger partial charge is 0.469 e. The van der Waals surface area contributed by atoms with E-state index in [-0.39, 0.29) is 18.6 Å². The molecule has 4 heteroatoms. The van der Waals surface area contributed by atoms with Gasteiger partial charge in [-0.25, -0.2) is 0 Å². The minimum atomic E-state index is -0.357. The predicted octanol–water partition coefficient (Wildman–Crippen LogP) is 3.81. The molecule has 0 aliphatic carbocycles. The van der Waals surface area contributed by atoms with E-state index in [0.717, 1.165) is 5.56 Å². The molecule has 0 fully saturated rings. The first-order chi connectivity index (χ1) is 9.70. The van der Waals surface area contributed by atoms with Crippen LogP contribution in [0, 0.1) is 5.41 Å². The second-order valence-electron chi connectivity index (χ2n) is 4.37. The Morgan fingerprint density at radius 3 is 2.35 bits per heavy atom. The van der Waals surface area contributed by atoms with Crippen LogP contribution in [-0.4, -0.2) is 17.6 Å². The minimum Gasteiger partial charge on any atom is -0.469 e. The Bertz CT molecular complexity index is 554. The van der Waals surface area contributed by atoms with E-state index in [4.69, 9.17) is 26.9 Å². The summed E-state index contributed by atoms with van der Waals surface area (Å²) in [7, 11) is 0. The lowest BCUT2D eigenvalue weighted by Gasteiger charge is -2.19. The number of aliphatic hydroxyl groups excluding tert-OH is 1. The third-order valence-corrected chi connectivity index (χ3v) is 3.18. The number of hydrogen-bond acceptors (Lipinski definition) is 3. The van der Waals surface area contributed by atoms with E-state index in [1.54, 1.807) is 12.1 Å². The van der Waals surface area contributed by atoms with Crippen LogP contribution in [0.25, 0.3) is 0 Å². The molecule has 0 radical (unpaired) electrons. The molecule has 0 heterocycles. The van der Waals surface area contributed by atoms with Crippen LogP contribution in [0.3, 0.4) is 0 Å². The van der Waals surface area contributed by atoms with E-state index in [2.05, 4.69) is 0 Å². The van der Waals surface area contributed by atoms with Gasteiger partial charge < -0.3 is 9.84 Å². The Labute approximate surface area is 123 Å². The van der Waals surface area contributed by atoms with E-state index in [1.165, 1.54) is 0 Å². The molecule has 0 aliphatic rings. The van der Waals surface area contributed by atoms with Crippen LogP contribution in [0.4, 0.5) is 0 Å². The molecule has 104 valence electrons. The van der Waals surface area contributed by atoms with Crippen molar-refractivity contribution in [3.05, 3.63) is 70.7 Å². The lowest BCUT2D eigenvalue weighted by Crippen LogP contribution is -2.13. The lowest BCUT2D eigenvalue weighted by atomic mass is 10.1. The highest BCUT2D eigenvalue weighted by molar-refractivity contribution is 6.30. The minimum absolute atomic E-state index is 0.00460. The summed E-state index contributed by atoms with van der Waals surface area (Å²) in [6, 6.07) is 16.5. The van der Waals surface area contributed by atoms with Crippen molar-refractivity contribution in [1.82, 2.24) is 0 Å². The Kier molecular flexibility index (Phi) is 5.16. The summed E-state index contributed by atoms with van der Waals surface area (Å²) in [6.45, 7) is -0.00460. The van der Waals surface area contributed by atoms with Gasteiger partial charge in [-0.1, -0.05) is 41.9 Å². The van der Waals surface area contributed by atoms with Crippen molar-refractivity contribution >= 4 is 17.5 Å². The highest BCUT2D eigenvalue weighted by atomic mass is 35.5. The molecule has 2 aromatic rings. The topological polar surface area (TPSA) is 53.3 Å². The number of nitrogens with one attached hydrogen (secondary N) is 1. The third kappa shape index (κ3) is 3.83. The van der Waals surface area contributed by atoms with E-state index < -0.39 is 0 Å². The number of halogens is 1. The van der Waals surface area contributed by atoms with Gasteiger partial charge >= 0.3 is 0 Å². The fourth-order valence-corrected chi connectivity index (χ4v) is 2.01. The summed E-state index contributed by atoms with van der Waals surface area (Å²) in [5.41, 5.74) is 1.61. The van der Waals surface area contributed by atoms with Crippen LogP contribution in [0.1, 0.15) is 23.7 Å². The number of hydrogen-bond donors (Lipinski definition) is 2. The standard InChI is InChI=1S/C16H16ClNO2/c17-14-8-6-12(7-9-14)15(10-11-19)20-16(18)13-4-2-1-3-5-13/h1-9,15,18-19H,10-11H2/t15-/m0/s1. The van der Waals surface area contributed by atoms with Crippen molar-refractivity contribution in [2.75, 3.05) is 6.61 Å². The molecule has 0 saturated carbocycles. The summed E-state index contributed by atoms with van der Waals surface area (Å²) < 4.78 is 5.68. The fraction of sp³-hybridized carbons (Fsp3) is 0.188. The summed E-state index contributed by atoms with van der Waals surface area (Å²) in [6.07, 6.45) is 0.0709. The van der Waals surface area contributed by atoms with E-state index in [0.29, 0.717) is 17.0 Å². The van der Waals surface area contributed by atoms with E-state index in [9.17, 15) is 0 Å². The van der Waals surface area contributed by atoms with Crippen molar-refractivity contribution in [3.8, 4) is 0 Å². The molecule has 0 unspecified atom stereocenters. The number of aliphatic hydroxyl groups is 1. The Balaban J connectivity index is 2.13. The third-order valence-electron chi connectivity index (χ3n) is 2.93. The first kappa shape index (κ1) is 14.6. The van der Waals surface area contributed by atoms with Crippen molar-refractivity contribution in [2.45, 2.75) is 12.5 Å². The van der Waals surface area contributed by atoms with Gasteiger partial charge in [0.15, 0.2) is 0 Å². The van der Waals surface area contributed by atoms with Gasteiger partial charge in [0.05, 0.1) is 0 Å². The molecule has 2 aromatic carbocycles. The molecule has 1 atom stereocenters. The highest BCUT2D eigenvalue weighted by Gasteiger charge is 2.15. The Morgan fingerprint density at radius 2 is 1.75 bits per heavy atom. The fourth-order valence-electron chi connectivity index (χ4n) is 1.89. The zero-order chi connectivity index (χ0) is 14.4. The van der Waals surface area contributed by atoms with Gasteiger partial charge in [-0.15, -0.1) is 0 Å². The molecule has 2 rings (SSSR count). The second kappa shape index (κ2) is 7.08. The lowest BCUT2D eigenvalue weighted by molar-refractivity contribution is 0.145. The van der Waals surface area contributed by atoms with E-state index >= 15 is 0 Å². The highest BCUT2D eigenvalue weighted by Crippen LogP contribution is 2.24. The molecule has 20 heavy (non-hydrogen) atoms. The van der Waals surface area contributed by atoms with Gasteiger partial charge in [0.25, 0.3) is 0 Å². The van der Waals surface area contributed by atoms with Crippen molar-refractivity contribution in [3.63, 3.8) is 0 Å². The molecule has 0 amide bonds. The molecule has 2 N–H and O–H groups in total. The van der Waals surface area contributed by atoms with Crippen LogP contribution in [-0.2, 0) is 4.74 Å². The van der Waals surface area contributed by atoms with Crippen LogP contribution in [0.15, 0.2) is 54.6 Å². The van der Waals surface area contributed by atoms with Crippen LogP contribution < -0.4 is 0 Å². The van der Waals surface area contributed by atoms with Gasteiger partial charge in [-0.3, -0.25) is 5.41 Å². The maximum atomic E-state index is 9.16. The monoisotopic (exact) mass is 289 g/mol. The van der Waals surface area contributed by atoms with Crippen molar-refractivity contribution in [2.24, 2.45) is 0 Å². The van der Waals surface area contributed by atoms with Gasteiger partial charge in [0, 0.05) is 23.6 Å². The SMILES string of the molecule is N=C(O[C@@H](CCO)c1ccc(Cl)cc1)c1ccccc1. The summed E-state index contributed by atoms with van der Waals surface area (Å²) >= 11 is 5.86. The first-order valence-electron chi connectivity index (χ1n) is 6.37. The number of rotatable bonds is 5. The smallest absolute Gasteiger partial charge is 0.213 e. The molecule has 0 aromatic heterocycles. The second-order valence-corrected chi connectivity index (χ2v) is 4.80. The Morgan fingerprint density at radius 1 is 1.10 bits per heavy atom. The summed E-state index contributed by atoms with van der Waals surface area (Å²) in [5, 5.41) is 17.8. The summed E-state index contributed by atoms with van der Waals surface area (Å²) in [4.78, 5) is 0. The van der Waals surface area contributed by atoms with E-state index in [1.807, 2.05) is 42.5 Å². The van der Waals surface area contributed by atoms with Crippen molar-refractivity contribution < 1.29 is 9.84 Å². The van der Waals surface area contributed by atoms with Crippen LogP contribution >= 0.6 is 11.6 Å². The average molecular weight is 290 g/mol. The predicted molar refractivity (Wildman–Crippen MR) is 80.3 cm³/mol. The van der Waals surface area contributed by atoms with Gasteiger partial charge in [-0.2, -0.15) is 0 Å². The number of benzene rings is 2. The Hall–Kier alpha value is -1.84. The number of ether oxygens (including phenoxy) is 1. The van der Waals surface area contributed by atoms with Gasteiger partial charge in [0.1, 0.15) is 6.10 Å². The molecule has 0 bridgehead atoms. The molecule has 0 saturated heterocycles. The molecule has 3 nitrogen and oxygen atoms in total. The van der Waals surface area contributed by atoms with Crippen molar-refractivity contribution in [1.29, 1.82) is 5.41 Å². The maximum absolute atomic E-state index is 9.16. The quantitative estimate of drug-likeness (QED) is 0.650. The zero-order valence-electron chi connectivity index (χ0n) is 10.9. The van der Waals surface area contributed by atoms with Gasteiger partial charge in [0.2, 0.25) is 5.90 Å². The van der Waals surface area contributed by atoms with Crippen LogP contribution in [0.5, 0.6) is 0 Å². The molecular formula is C16H16ClNO2. The molecule has 0 spiro atoms. The average Bonchev–Trinajstić information content (AvgIpc) is 2.48.